The Morgan fingerprint density at radius 1 is 0.777 bits per heavy atom. The first-order valence-corrected chi connectivity index (χ1v) is 34.6. The predicted molar refractivity (Wildman–Crippen MR) is 366 cm³/mol. The van der Waals surface area contributed by atoms with E-state index in [4.69, 9.17) is 23.9 Å². The molecular weight excluding hydrogens is 1220 g/mol. The number of esters is 3. The van der Waals surface area contributed by atoms with Crippen molar-refractivity contribution in [3.05, 3.63) is 94.5 Å². The number of piperidine rings is 1. The summed E-state index contributed by atoms with van der Waals surface area (Å²) in [5, 5.41) is 16.8. The first-order valence-electron chi connectivity index (χ1n) is 33.8. The van der Waals surface area contributed by atoms with E-state index < -0.39 is 101 Å². The minimum absolute atomic E-state index is 0.0760. The molecule has 1 aromatic heterocycles. The van der Waals surface area contributed by atoms with Gasteiger partial charge in [0.05, 0.1) is 19.5 Å². The Kier molecular flexibility index (Phi) is 31.8. The Labute approximate surface area is 563 Å². The number of nitrogens with one attached hydrogen (secondary N) is 5. The Morgan fingerprint density at radius 3 is 2.05 bits per heavy atom. The molecule has 1 aliphatic heterocycles. The monoisotopic (exact) mass is 1330 g/mol. The number of alkyl carbamates (subject to hydrolysis) is 1. The number of carbonyl (C=O) groups excluding carboxylic acids is 9. The van der Waals surface area contributed by atoms with Crippen LogP contribution in [0.4, 0.5) is 10.5 Å². The minimum atomic E-state index is -1.19. The average Bonchev–Trinajstić information content (AvgIpc) is 1.16. The van der Waals surface area contributed by atoms with Gasteiger partial charge in [0, 0.05) is 61.9 Å². The van der Waals surface area contributed by atoms with Gasteiger partial charge in [-0.05, 0) is 116 Å². The Bertz CT molecular complexity index is 2960. The predicted octanol–water partition coefficient (Wildman–Crippen LogP) is 11.5. The molecule has 1 saturated heterocycles. The summed E-state index contributed by atoms with van der Waals surface area (Å²) in [7, 11) is 3.75. The zero-order valence-corrected chi connectivity index (χ0v) is 59.8. The van der Waals surface area contributed by atoms with Crippen LogP contribution >= 0.6 is 11.3 Å². The molecule has 0 spiro atoms. The lowest BCUT2D eigenvalue weighted by molar-refractivity contribution is -0.942. The van der Waals surface area contributed by atoms with E-state index in [1.165, 1.54) is 13.0 Å². The van der Waals surface area contributed by atoms with Crippen LogP contribution in [0, 0.1) is 23.7 Å². The SMILES string of the molecule is C=CCOC(=O)[C@@H](C)C[C@H](Cc1ccccc1)NC(=O)c1csc([C@@H](C[C@H](C(C)C)N(C)C(=O)[C@@H](NC(=O)[C@H]2CCCC[N+]2(C)Cc2ccc(NC(=O)[C@H](CCC(=O)OC(C)(C)C)NC(=O)[C@@H](NC(=O)OC(C)(C)C)C(C)CCCCCC)cc2)[C@@H](C)CC)OC(C)=O)n1. The van der Waals surface area contributed by atoms with Crippen LogP contribution in [0.3, 0.4) is 0 Å². The number of thiazole rings is 1. The number of hydrogen-bond donors (Lipinski definition) is 5. The molecule has 0 bridgehead atoms. The highest BCUT2D eigenvalue weighted by molar-refractivity contribution is 7.09. The van der Waals surface area contributed by atoms with Crippen molar-refractivity contribution < 1.29 is 66.6 Å². The third-order valence-electron chi connectivity index (χ3n) is 17.2. The molecule has 94 heavy (non-hydrogen) atoms. The van der Waals surface area contributed by atoms with Crippen LogP contribution in [-0.4, -0.2) is 143 Å². The lowest BCUT2D eigenvalue weighted by atomic mass is 9.92. The van der Waals surface area contributed by atoms with Gasteiger partial charge in [-0.2, -0.15) is 0 Å². The van der Waals surface area contributed by atoms with Crippen LogP contribution in [0.1, 0.15) is 213 Å². The Morgan fingerprint density at radius 2 is 1.45 bits per heavy atom. The maximum atomic E-state index is 15.0. The number of rotatable bonds is 36. The van der Waals surface area contributed by atoms with Crippen molar-refractivity contribution in [2.75, 3.05) is 32.6 Å². The second-order valence-electron chi connectivity index (χ2n) is 28.1. The van der Waals surface area contributed by atoms with E-state index in [0.29, 0.717) is 60.4 Å². The molecule has 0 radical (unpaired) electrons. The number of likely N-dealkylation sites (tertiary alicyclic amines) is 1. The summed E-state index contributed by atoms with van der Waals surface area (Å²) in [5.74, 6) is -4.95. The standard InChI is InChI=1S/C72H110N8O13S/c1-18-21-22-24-29-48(7)61(78-70(89)93-72(13,14)15)66(86)75-55(37-38-60(82)92-71(10,11)12)63(83)73-53-35-33-52(34-36-53)44-80(17)39-28-27-32-58(80)65(85)77-62(47(6)20-3)68(87)79(16)57(46(4)5)43-59(91-50(9)81)67-76-56(45-94-67)64(84)74-54(42-51-30-25-23-26-31-51)41-49(8)69(88)90-40-19-2/h19,23,25-26,30-31,33-36,45-49,54-55,57-59,61-62H,2,18,20-22,24,27-29,32,37-44H2,1,3-17H3,(H4-,73,74,75,77,78,83,84,85,86,89)/p+1/t47-,48?,49-,54+,55-,57+,58+,59+,61-,62-,80?/m0/s1. The molecule has 1 fully saturated rings. The van der Waals surface area contributed by atoms with Gasteiger partial charge < -0.3 is 54.9 Å². The van der Waals surface area contributed by atoms with Crippen molar-refractivity contribution in [2.24, 2.45) is 23.7 Å². The van der Waals surface area contributed by atoms with Crippen LogP contribution in [0.5, 0.6) is 0 Å². The van der Waals surface area contributed by atoms with E-state index in [1.54, 1.807) is 77.9 Å². The van der Waals surface area contributed by atoms with E-state index in [0.717, 1.165) is 61.0 Å². The van der Waals surface area contributed by atoms with Gasteiger partial charge in [0.15, 0.2) is 12.1 Å². The van der Waals surface area contributed by atoms with Gasteiger partial charge in [0.25, 0.3) is 11.8 Å². The second kappa shape index (κ2) is 37.8. The highest BCUT2D eigenvalue weighted by Crippen LogP contribution is 2.33. The fourth-order valence-electron chi connectivity index (χ4n) is 11.9. The van der Waals surface area contributed by atoms with Gasteiger partial charge in [0.1, 0.15) is 53.2 Å². The number of anilines is 1. The highest BCUT2D eigenvalue weighted by Gasteiger charge is 2.44. The zero-order chi connectivity index (χ0) is 70.1. The molecule has 0 aliphatic carbocycles. The van der Waals surface area contributed by atoms with E-state index in [2.05, 4.69) is 40.1 Å². The molecule has 3 aromatic rings. The molecule has 22 heteroatoms. The molecule has 2 aromatic carbocycles. The normalized spacial score (nSPS) is 17.8. The number of unbranched alkanes of at least 4 members (excludes halogenated alkanes) is 3. The fraction of sp³-hybridized carbons (Fsp3) is 0.639. The largest absolute Gasteiger partial charge is 0.461 e. The maximum absolute atomic E-state index is 15.0. The molecule has 1 aliphatic rings. The minimum Gasteiger partial charge on any atom is -0.461 e. The number of amides is 6. The number of benzene rings is 2. The number of likely N-dealkylation sites (N-methyl/N-ethyl adjacent to an activating group) is 2. The first kappa shape index (κ1) is 79.2. The first-order chi connectivity index (χ1) is 44.2. The zero-order valence-electron chi connectivity index (χ0n) is 59.0. The van der Waals surface area contributed by atoms with Crippen molar-refractivity contribution in [3.63, 3.8) is 0 Å². The number of carbonyl (C=O) groups is 9. The van der Waals surface area contributed by atoms with Crippen LogP contribution in [-0.2, 0) is 65.5 Å². The van der Waals surface area contributed by atoms with Gasteiger partial charge in [-0.3, -0.25) is 38.4 Å². The quantitative estimate of drug-likeness (QED) is 0.0119. The molecule has 5 N–H and O–H groups in total. The smallest absolute Gasteiger partial charge is 0.408 e. The summed E-state index contributed by atoms with van der Waals surface area (Å²) in [6, 6.07) is 12.3. The van der Waals surface area contributed by atoms with E-state index in [9.17, 15) is 38.4 Å². The number of hydrogen-bond acceptors (Lipinski definition) is 15. The second-order valence-corrected chi connectivity index (χ2v) is 29.0. The lowest BCUT2D eigenvalue weighted by Gasteiger charge is -2.44. The number of nitrogens with zero attached hydrogens (tertiary/aromatic N) is 3. The lowest BCUT2D eigenvalue weighted by Crippen LogP contribution is -2.63. The number of ether oxygens (including phenoxy) is 4. The number of aromatic nitrogens is 1. The summed E-state index contributed by atoms with van der Waals surface area (Å²) in [5.41, 5.74) is 0.800. The molecule has 522 valence electrons. The van der Waals surface area contributed by atoms with Crippen LogP contribution in [0.25, 0.3) is 0 Å². The molecule has 4 rings (SSSR count). The Hall–Kier alpha value is -7.20. The average molecular weight is 1330 g/mol. The third-order valence-corrected chi connectivity index (χ3v) is 18.1. The van der Waals surface area contributed by atoms with Crippen molar-refractivity contribution >= 4 is 70.6 Å². The van der Waals surface area contributed by atoms with Gasteiger partial charge in [-0.25, -0.2) is 9.78 Å². The summed E-state index contributed by atoms with van der Waals surface area (Å²) in [4.78, 5) is 130. The summed E-state index contributed by atoms with van der Waals surface area (Å²) < 4.78 is 22.7. The van der Waals surface area contributed by atoms with Gasteiger partial charge in [0.2, 0.25) is 17.7 Å². The summed E-state index contributed by atoms with van der Waals surface area (Å²) in [6.07, 6.45) is 7.80. The molecule has 21 nitrogen and oxygen atoms in total. The van der Waals surface area contributed by atoms with Crippen molar-refractivity contribution in [1.29, 1.82) is 0 Å². The van der Waals surface area contributed by atoms with Gasteiger partial charge >= 0.3 is 24.0 Å². The van der Waals surface area contributed by atoms with E-state index >= 15 is 4.79 Å². The van der Waals surface area contributed by atoms with Gasteiger partial charge in [-0.15, -0.1) is 11.3 Å². The number of quaternary nitrogens is 1. The Balaban J connectivity index is 1.53. The molecular formula is C72H111N8O13S+. The fourth-order valence-corrected chi connectivity index (χ4v) is 12.7. The van der Waals surface area contributed by atoms with E-state index in [-0.39, 0.29) is 61.1 Å². The summed E-state index contributed by atoms with van der Waals surface area (Å²) in [6.45, 7) is 30.2. The molecule has 0 saturated carbocycles. The topological polar surface area (TPSA) is 267 Å². The van der Waals surface area contributed by atoms with Crippen molar-refractivity contribution in [1.82, 2.24) is 31.2 Å². The molecule has 2 heterocycles. The van der Waals surface area contributed by atoms with Crippen LogP contribution in [0.15, 0.2) is 72.6 Å². The molecule has 11 atom stereocenters. The van der Waals surface area contributed by atoms with Gasteiger partial charge in [-0.1, -0.05) is 136 Å². The van der Waals surface area contributed by atoms with Crippen LogP contribution < -0.4 is 26.6 Å². The maximum Gasteiger partial charge on any atom is 0.408 e. The summed E-state index contributed by atoms with van der Waals surface area (Å²) >= 11 is 1.16. The van der Waals surface area contributed by atoms with Crippen molar-refractivity contribution in [3.8, 4) is 0 Å². The van der Waals surface area contributed by atoms with Crippen molar-refractivity contribution in [2.45, 2.75) is 247 Å². The molecule has 6 amide bonds. The third kappa shape index (κ3) is 26.5. The molecule has 2 unspecified atom stereocenters. The highest BCUT2D eigenvalue weighted by atomic mass is 32.1. The van der Waals surface area contributed by atoms with Crippen LogP contribution in [0.2, 0.25) is 0 Å². The van der Waals surface area contributed by atoms with E-state index in [1.807, 2.05) is 84.1 Å².